The molecule has 0 spiro atoms. The predicted molar refractivity (Wildman–Crippen MR) is 69.0 cm³/mol. The van der Waals surface area contributed by atoms with Crippen molar-refractivity contribution in [2.75, 3.05) is 5.73 Å². The summed E-state index contributed by atoms with van der Waals surface area (Å²) < 4.78 is 16.7. The molecule has 2 N–H and O–H groups in total. The lowest BCUT2D eigenvalue weighted by atomic mass is 10.1. The second-order valence-corrected chi connectivity index (χ2v) is 4.52. The van der Waals surface area contributed by atoms with Crippen molar-refractivity contribution >= 4 is 5.69 Å². The van der Waals surface area contributed by atoms with Gasteiger partial charge in [0, 0.05) is 29.7 Å². The smallest absolute Gasteiger partial charge is 0.328 e. The molecule has 0 aliphatic carbocycles. The summed E-state index contributed by atoms with van der Waals surface area (Å²) in [5, 5.41) is 0. The molecule has 0 amide bonds. The first-order valence-electron chi connectivity index (χ1n) is 5.81. The summed E-state index contributed by atoms with van der Waals surface area (Å²) in [6.45, 7) is 3.99. The van der Waals surface area contributed by atoms with Crippen molar-refractivity contribution in [1.82, 2.24) is 9.13 Å². The molecule has 5 heteroatoms. The fraction of sp³-hybridized carbons (Fsp3) is 0.308. The number of anilines is 1. The van der Waals surface area contributed by atoms with Gasteiger partial charge in [0.05, 0.1) is 6.54 Å². The summed E-state index contributed by atoms with van der Waals surface area (Å²) in [4.78, 5) is 12.0. The average Bonchev–Trinajstić information content (AvgIpc) is 2.66. The highest BCUT2D eigenvalue weighted by molar-refractivity contribution is 5.47. The quantitative estimate of drug-likeness (QED) is 0.846. The second kappa shape index (κ2) is 4.68. The van der Waals surface area contributed by atoms with Gasteiger partial charge in [-0.25, -0.2) is 9.18 Å². The number of nitrogen functional groups attached to an aromatic ring is 1. The maximum Gasteiger partial charge on any atom is 0.328 e. The zero-order valence-electron chi connectivity index (χ0n) is 10.4. The molecule has 0 bridgehead atoms. The number of hydrogen-bond acceptors (Lipinski definition) is 2. The summed E-state index contributed by atoms with van der Waals surface area (Å²) in [6.07, 6.45) is 3.35. The van der Waals surface area contributed by atoms with Gasteiger partial charge in [-0.2, -0.15) is 0 Å². The van der Waals surface area contributed by atoms with E-state index in [1.54, 1.807) is 29.1 Å². The molecule has 1 heterocycles. The van der Waals surface area contributed by atoms with Gasteiger partial charge in [-0.3, -0.25) is 9.13 Å². The predicted octanol–water partition coefficient (Wildman–Crippen LogP) is 2.00. The van der Waals surface area contributed by atoms with Gasteiger partial charge in [0.15, 0.2) is 0 Å². The van der Waals surface area contributed by atoms with Gasteiger partial charge < -0.3 is 5.73 Å². The van der Waals surface area contributed by atoms with Gasteiger partial charge in [-0.15, -0.1) is 0 Å². The van der Waals surface area contributed by atoms with Crippen LogP contribution in [0.15, 0.2) is 35.4 Å². The van der Waals surface area contributed by atoms with Gasteiger partial charge in [0.1, 0.15) is 5.82 Å². The van der Waals surface area contributed by atoms with E-state index in [0.29, 0.717) is 11.3 Å². The van der Waals surface area contributed by atoms with Crippen LogP contribution < -0.4 is 11.4 Å². The lowest BCUT2D eigenvalue weighted by Gasteiger charge is -2.08. The van der Waals surface area contributed by atoms with Crippen LogP contribution in [0, 0.1) is 5.82 Å². The molecule has 0 aliphatic rings. The standard InChI is InChI=1S/C13H16FN3O/c1-9(2)17-7-6-16(13(17)18)8-10-11(14)4-3-5-12(10)15/h3-7,9H,8,15H2,1-2H3. The van der Waals surface area contributed by atoms with E-state index in [-0.39, 0.29) is 24.1 Å². The molecule has 4 nitrogen and oxygen atoms in total. The van der Waals surface area contributed by atoms with Crippen molar-refractivity contribution in [2.24, 2.45) is 0 Å². The molecule has 18 heavy (non-hydrogen) atoms. The van der Waals surface area contributed by atoms with E-state index < -0.39 is 0 Å². The first-order valence-corrected chi connectivity index (χ1v) is 5.81. The minimum atomic E-state index is -0.390. The van der Waals surface area contributed by atoms with Crippen molar-refractivity contribution in [3.05, 3.63) is 52.5 Å². The lowest BCUT2D eigenvalue weighted by Crippen LogP contribution is -2.26. The van der Waals surface area contributed by atoms with Crippen LogP contribution in [0.3, 0.4) is 0 Å². The SMILES string of the molecule is CC(C)n1ccn(Cc2c(N)cccc2F)c1=O. The highest BCUT2D eigenvalue weighted by Gasteiger charge is 2.10. The van der Waals surface area contributed by atoms with E-state index in [1.807, 2.05) is 13.8 Å². The molecule has 2 rings (SSSR count). The summed E-state index contributed by atoms with van der Waals surface area (Å²) in [7, 11) is 0. The normalized spacial score (nSPS) is 11.1. The van der Waals surface area contributed by atoms with Gasteiger partial charge >= 0.3 is 5.69 Å². The Labute approximate surface area is 104 Å². The zero-order valence-corrected chi connectivity index (χ0v) is 10.4. The average molecular weight is 249 g/mol. The molecule has 1 aromatic carbocycles. The minimum absolute atomic E-state index is 0.0803. The number of nitrogens with two attached hydrogens (primary N) is 1. The maximum atomic E-state index is 13.6. The van der Waals surface area contributed by atoms with E-state index in [1.165, 1.54) is 10.6 Å². The van der Waals surface area contributed by atoms with Crippen LogP contribution in [0.4, 0.5) is 10.1 Å². The molecule has 1 aromatic heterocycles. The van der Waals surface area contributed by atoms with E-state index in [2.05, 4.69) is 0 Å². The number of hydrogen-bond donors (Lipinski definition) is 1. The highest BCUT2D eigenvalue weighted by atomic mass is 19.1. The van der Waals surface area contributed by atoms with Crippen molar-refractivity contribution in [3.8, 4) is 0 Å². The van der Waals surface area contributed by atoms with Gasteiger partial charge in [-0.05, 0) is 26.0 Å². The molecule has 0 saturated carbocycles. The van der Waals surface area contributed by atoms with Crippen LogP contribution in [0.2, 0.25) is 0 Å². The second-order valence-electron chi connectivity index (χ2n) is 4.52. The molecular formula is C13H16FN3O. The number of aromatic nitrogens is 2. The van der Waals surface area contributed by atoms with Gasteiger partial charge in [0.2, 0.25) is 0 Å². The molecule has 0 fully saturated rings. The first kappa shape index (κ1) is 12.4. The molecule has 0 saturated heterocycles. The summed E-state index contributed by atoms with van der Waals surface area (Å²) in [6, 6.07) is 4.60. The molecular weight excluding hydrogens is 233 g/mol. The lowest BCUT2D eigenvalue weighted by molar-refractivity contribution is 0.554. The number of imidazole rings is 1. The Morgan fingerprint density at radius 1 is 1.33 bits per heavy atom. The Balaban J connectivity index is 2.38. The number of halogens is 1. The Bertz CT molecular complexity index is 593. The van der Waals surface area contributed by atoms with Crippen LogP contribution in [-0.2, 0) is 6.54 Å². The monoisotopic (exact) mass is 249 g/mol. The van der Waals surface area contributed by atoms with Crippen molar-refractivity contribution < 1.29 is 4.39 Å². The third-order valence-corrected chi connectivity index (χ3v) is 2.91. The van der Waals surface area contributed by atoms with E-state index in [9.17, 15) is 9.18 Å². The zero-order chi connectivity index (χ0) is 13.3. The highest BCUT2D eigenvalue weighted by Crippen LogP contribution is 2.16. The van der Waals surface area contributed by atoms with Crippen LogP contribution in [-0.4, -0.2) is 9.13 Å². The van der Waals surface area contributed by atoms with E-state index in [4.69, 9.17) is 5.73 Å². The van der Waals surface area contributed by atoms with Crippen LogP contribution in [0.1, 0.15) is 25.5 Å². The Hall–Kier alpha value is -2.04. The maximum absolute atomic E-state index is 13.6. The largest absolute Gasteiger partial charge is 0.398 e. The molecule has 2 aromatic rings. The third kappa shape index (κ3) is 2.16. The van der Waals surface area contributed by atoms with E-state index >= 15 is 0 Å². The molecule has 0 unspecified atom stereocenters. The summed E-state index contributed by atoms with van der Waals surface area (Å²) in [5.74, 6) is -0.390. The fourth-order valence-corrected chi connectivity index (χ4v) is 1.85. The molecule has 0 aliphatic heterocycles. The fourth-order valence-electron chi connectivity index (χ4n) is 1.85. The first-order chi connectivity index (χ1) is 8.50. The molecule has 0 radical (unpaired) electrons. The Morgan fingerprint density at radius 3 is 2.61 bits per heavy atom. The Kier molecular flexibility index (Phi) is 3.23. The number of rotatable bonds is 3. The third-order valence-electron chi connectivity index (χ3n) is 2.91. The topological polar surface area (TPSA) is 52.9 Å². The number of nitrogens with zero attached hydrogens (tertiary/aromatic N) is 2. The van der Waals surface area contributed by atoms with Gasteiger partial charge in [-0.1, -0.05) is 6.07 Å². The van der Waals surface area contributed by atoms with E-state index in [0.717, 1.165) is 0 Å². The number of benzene rings is 1. The summed E-state index contributed by atoms with van der Waals surface area (Å²) >= 11 is 0. The van der Waals surface area contributed by atoms with Crippen molar-refractivity contribution in [3.63, 3.8) is 0 Å². The van der Waals surface area contributed by atoms with Crippen LogP contribution in [0.25, 0.3) is 0 Å². The van der Waals surface area contributed by atoms with Gasteiger partial charge in [0.25, 0.3) is 0 Å². The Morgan fingerprint density at radius 2 is 2.06 bits per heavy atom. The summed E-state index contributed by atoms with van der Waals surface area (Å²) in [5.41, 5.74) is 6.27. The van der Waals surface area contributed by atoms with Crippen molar-refractivity contribution in [2.45, 2.75) is 26.4 Å². The van der Waals surface area contributed by atoms with Crippen LogP contribution in [0.5, 0.6) is 0 Å². The molecule has 0 atom stereocenters. The minimum Gasteiger partial charge on any atom is -0.398 e. The van der Waals surface area contributed by atoms with Crippen LogP contribution >= 0.6 is 0 Å². The van der Waals surface area contributed by atoms with Crippen molar-refractivity contribution in [1.29, 1.82) is 0 Å². The molecule has 96 valence electrons.